The molecule has 1 aliphatic heterocycles. The van der Waals surface area contributed by atoms with E-state index >= 15 is 0 Å². The Bertz CT molecular complexity index is 946. The number of para-hydroxylation sites is 2. The largest absolute Gasteiger partial charge is 0.489 e. The molecule has 0 bridgehead atoms. The summed E-state index contributed by atoms with van der Waals surface area (Å²) in [6.07, 6.45) is 0. The lowest BCUT2D eigenvalue weighted by Gasteiger charge is -2.38. The summed E-state index contributed by atoms with van der Waals surface area (Å²) in [5, 5.41) is 2.06. The second-order valence-corrected chi connectivity index (χ2v) is 8.28. The van der Waals surface area contributed by atoms with Crippen molar-refractivity contribution in [2.24, 2.45) is 0 Å². The summed E-state index contributed by atoms with van der Waals surface area (Å²) in [6.45, 7) is 2.77. The fourth-order valence-electron chi connectivity index (χ4n) is 3.74. The summed E-state index contributed by atoms with van der Waals surface area (Å²) >= 11 is 1.71. The smallest absolute Gasteiger partial charge is 0.241 e. The van der Waals surface area contributed by atoms with Crippen molar-refractivity contribution in [1.29, 1.82) is 0 Å². The average molecular weight is 423 g/mol. The van der Waals surface area contributed by atoms with Crippen LogP contribution < -0.4 is 9.64 Å². The first-order chi connectivity index (χ1) is 14.8. The van der Waals surface area contributed by atoms with Gasteiger partial charge in [-0.1, -0.05) is 48.5 Å². The molecule has 2 aromatic carbocycles. The van der Waals surface area contributed by atoms with Crippen LogP contribution >= 0.6 is 11.3 Å². The number of hydrogen-bond donors (Lipinski definition) is 0. The maximum Gasteiger partial charge on any atom is 0.241 e. The van der Waals surface area contributed by atoms with Crippen molar-refractivity contribution in [3.63, 3.8) is 0 Å². The number of anilines is 1. The summed E-state index contributed by atoms with van der Waals surface area (Å²) < 4.78 is 11.3. The normalized spacial score (nSPS) is 15.7. The van der Waals surface area contributed by atoms with Crippen LogP contribution in [0.5, 0.6) is 5.75 Å². The van der Waals surface area contributed by atoms with Crippen LogP contribution in [0.3, 0.4) is 0 Å². The summed E-state index contributed by atoms with van der Waals surface area (Å²) in [5.41, 5.74) is 1.90. The quantitative estimate of drug-likeness (QED) is 0.541. The number of carbonyl (C=O) groups is 1. The molecule has 5 nitrogen and oxygen atoms in total. The maximum absolute atomic E-state index is 13.6. The summed E-state index contributed by atoms with van der Waals surface area (Å²) in [5.74, 6) is 0.812. The van der Waals surface area contributed by atoms with E-state index in [1.54, 1.807) is 18.4 Å². The van der Waals surface area contributed by atoms with Crippen LogP contribution in [-0.4, -0.2) is 44.2 Å². The second-order valence-electron chi connectivity index (χ2n) is 7.25. The molecule has 1 amide bonds. The zero-order valence-corrected chi connectivity index (χ0v) is 17.9. The van der Waals surface area contributed by atoms with Gasteiger partial charge in [0.1, 0.15) is 12.4 Å². The molecule has 156 valence electrons. The Balaban J connectivity index is 1.60. The lowest BCUT2D eigenvalue weighted by molar-refractivity contribution is -0.121. The molecular weight excluding hydrogens is 396 g/mol. The molecule has 1 aromatic heterocycles. The van der Waals surface area contributed by atoms with Gasteiger partial charge in [0, 0.05) is 25.1 Å². The molecule has 4 rings (SSSR count). The van der Waals surface area contributed by atoms with E-state index < -0.39 is 0 Å². The number of fused-ring (bicyclic) bond motifs is 1. The molecule has 0 spiro atoms. The van der Waals surface area contributed by atoms with Gasteiger partial charge < -0.3 is 9.47 Å². The third-order valence-electron chi connectivity index (χ3n) is 5.22. The number of carbonyl (C=O) groups excluding carboxylic acids is 1. The Hall–Kier alpha value is -2.67. The van der Waals surface area contributed by atoms with E-state index in [9.17, 15) is 4.79 Å². The zero-order chi connectivity index (χ0) is 20.8. The Morgan fingerprint density at radius 3 is 2.70 bits per heavy atom. The Morgan fingerprint density at radius 1 is 1.13 bits per heavy atom. The number of methoxy groups -OCH3 is 1. The monoisotopic (exact) mass is 422 g/mol. The molecule has 1 atom stereocenters. The number of nitrogens with zero attached hydrogens (tertiary/aromatic N) is 2. The van der Waals surface area contributed by atoms with Crippen molar-refractivity contribution in [3.8, 4) is 5.75 Å². The molecule has 3 aromatic rings. The molecule has 0 N–H and O–H groups in total. The fourth-order valence-corrected chi connectivity index (χ4v) is 4.49. The predicted molar refractivity (Wildman–Crippen MR) is 120 cm³/mol. The summed E-state index contributed by atoms with van der Waals surface area (Å²) in [6, 6.07) is 21.8. The first kappa shape index (κ1) is 20.6. The molecule has 30 heavy (non-hydrogen) atoms. The summed E-state index contributed by atoms with van der Waals surface area (Å²) in [4.78, 5) is 18.9. The van der Waals surface area contributed by atoms with Crippen molar-refractivity contribution >= 4 is 22.9 Å². The van der Waals surface area contributed by atoms with E-state index in [1.165, 1.54) is 4.88 Å². The van der Waals surface area contributed by atoms with Gasteiger partial charge in [-0.25, -0.2) is 0 Å². The van der Waals surface area contributed by atoms with E-state index in [4.69, 9.17) is 9.47 Å². The van der Waals surface area contributed by atoms with Gasteiger partial charge in [-0.2, -0.15) is 0 Å². The minimum atomic E-state index is -0.153. The van der Waals surface area contributed by atoms with E-state index in [0.29, 0.717) is 26.3 Å². The van der Waals surface area contributed by atoms with Gasteiger partial charge in [-0.15, -0.1) is 11.3 Å². The van der Waals surface area contributed by atoms with E-state index in [-0.39, 0.29) is 11.9 Å². The van der Waals surface area contributed by atoms with Gasteiger partial charge in [0.15, 0.2) is 0 Å². The SMILES string of the molecule is COCCN(CC(=O)N1c2ccccc2OC[C@@H]1c1ccccc1)Cc1cccs1. The number of thiophene rings is 1. The number of ether oxygens (including phenoxy) is 2. The standard InChI is InChI=1S/C24H26N2O3S/c1-28-14-13-25(16-20-10-7-15-30-20)17-24(27)26-21-11-5-6-12-23(21)29-18-22(26)19-8-3-2-4-9-19/h2-12,15,22H,13-14,16-18H2,1H3/t22-/m1/s1. The highest BCUT2D eigenvalue weighted by Gasteiger charge is 2.33. The Morgan fingerprint density at radius 2 is 1.93 bits per heavy atom. The molecule has 1 aliphatic rings. The molecule has 2 heterocycles. The molecule has 0 saturated carbocycles. The first-order valence-electron chi connectivity index (χ1n) is 10.1. The minimum Gasteiger partial charge on any atom is -0.489 e. The molecule has 0 radical (unpaired) electrons. The van der Waals surface area contributed by atoms with Crippen LogP contribution in [0, 0.1) is 0 Å². The lowest BCUT2D eigenvalue weighted by Crippen LogP contribution is -2.46. The minimum absolute atomic E-state index is 0.0623. The van der Waals surface area contributed by atoms with Crippen LogP contribution in [-0.2, 0) is 16.1 Å². The highest BCUT2D eigenvalue weighted by Crippen LogP contribution is 2.39. The van der Waals surface area contributed by atoms with E-state index in [0.717, 1.165) is 23.5 Å². The third-order valence-corrected chi connectivity index (χ3v) is 6.08. The molecule has 0 fully saturated rings. The van der Waals surface area contributed by atoms with Crippen LogP contribution in [0.1, 0.15) is 16.5 Å². The van der Waals surface area contributed by atoms with Gasteiger partial charge in [-0.05, 0) is 29.1 Å². The second kappa shape index (κ2) is 9.89. The molecule has 0 unspecified atom stereocenters. The Kier molecular flexibility index (Phi) is 6.79. The van der Waals surface area contributed by atoms with Crippen molar-refractivity contribution in [2.45, 2.75) is 12.6 Å². The van der Waals surface area contributed by atoms with Crippen LogP contribution in [0.25, 0.3) is 0 Å². The third kappa shape index (κ3) is 4.73. The zero-order valence-electron chi connectivity index (χ0n) is 17.1. The Labute approximate surface area is 181 Å². The van der Waals surface area contributed by atoms with Gasteiger partial charge in [0.2, 0.25) is 5.91 Å². The molecule has 0 saturated heterocycles. The van der Waals surface area contributed by atoms with Crippen molar-refractivity contribution in [1.82, 2.24) is 4.90 Å². The number of benzene rings is 2. The van der Waals surface area contributed by atoms with Gasteiger partial charge >= 0.3 is 0 Å². The topological polar surface area (TPSA) is 42.0 Å². The first-order valence-corrected chi connectivity index (χ1v) is 11.0. The van der Waals surface area contributed by atoms with Gasteiger partial charge in [0.05, 0.1) is 24.9 Å². The molecule has 6 heteroatoms. The highest BCUT2D eigenvalue weighted by molar-refractivity contribution is 7.09. The van der Waals surface area contributed by atoms with Crippen molar-refractivity contribution < 1.29 is 14.3 Å². The van der Waals surface area contributed by atoms with Crippen LogP contribution in [0.2, 0.25) is 0 Å². The number of hydrogen-bond acceptors (Lipinski definition) is 5. The molecule has 0 aliphatic carbocycles. The number of amides is 1. The average Bonchev–Trinajstić information content (AvgIpc) is 3.30. The van der Waals surface area contributed by atoms with E-state index in [1.807, 2.05) is 53.4 Å². The van der Waals surface area contributed by atoms with Crippen molar-refractivity contribution in [3.05, 3.63) is 82.6 Å². The van der Waals surface area contributed by atoms with Gasteiger partial charge in [-0.3, -0.25) is 14.6 Å². The maximum atomic E-state index is 13.6. The fraction of sp³-hybridized carbons (Fsp3) is 0.292. The highest BCUT2D eigenvalue weighted by atomic mass is 32.1. The van der Waals surface area contributed by atoms with Gasteiger partial charge in [0.25, 0.3) is 0 Å². The van der Waals surface area contributed by atoms with Crippen LogP contribution in [0.15, 0.2) is 72.1 Å². The number of rotatable bonds is 8. The summed E-state index contributed by atoms with van der Waals surface area (Å²) in [7, 11) is 1.69. The van der Waals surface area contributed by atoms with Crippen molar-refractivity contribution in [2.75, 3.05) is 38.3 Å². The van der Waals surface area contributed by atoms with E-state index in [2.05, 4.69) is 28.5 Å². The van der Waals surface area contributed by atoms with Crippen LogP contribution in [0.4, 0.5) is 5.69 Å². The predicted octanol–water partition coefficient (Wildman–Crippen LogP) is 4.36. The lowest BCUT2D eigenvalue weighted by atomic mass is 10.0. The molecular formula is C24H26N2O3S.